The van der Waals surface area contributed by atoms with Crippen molar-refractivity contribution in [2.24, 2.45) is 0 Å². The summed E-state index contributed by atoms with van der Waals surface area (Å²) in [4.78, 5) is 0. The Kier molecular flexibility index (Phi) is 3.38. The summed E-state index contributed by atoms with van der Waals surface area (Å²) in [6.07, 6.45) is 1.87. The molecular formula is C13H16ClN3. The van der Waals surface area contributed by atoms with E-state index in [4.69, 9.17) is 17.3 Å². The van der Waals surface area contributed by atoms with Gasteiger partial charge in [-0.2, -0.15) is 5.10 Å². The van der Waals surface area contributed by atoms with Crippen LogP contribution in [0.15, 0.2) is 30.5 Å². The number of nitrogens with two attached hydrogens (primary N) is 1. The fraction of sp³-hybridized carbons (Fsp3) is 0.308. The van der Waals surface area contributed by atoms with Crippen molar-refractivity contribution in [1.82, 2.24) is 9.78 Å². The predicted octanol–water partition coefficient (Wildman–Crippen LogP) is 3.29. The van der Waals surface area contributed by atoms with Crippen LogP contribution in [0.2, 0.25) is 5.02 Å². The number of nitrogen functional groups attached to an aromatic ring is 1. The van der Waals surface area contributed by atoms with Crippen molar-refractivity contribution in [1.29, 1.82) is 0 Å². The monoisotopic (exact) mass is 249 g/mol. The fourth-order valence-corrected chi connectivity index (χ4v) is 2.02. The molecule has 0 spiro atoms. The highest BCUT2D eigenvalue weighted by Crippen LogP contribution is 2.20. The molecule has 0 amide bonds. The predicted molar refractivity (Wildman–Crippen MR) is 71.3 cm³/mol. The van der Waals surface area contributed by atoms with Gasteiger partial charge in [0.25, 0.3) is 0 Å². The van der Waals surface area contributed by atoms with Gasteiger partial charge in [-0.05, 0) is 23.6 Å². The third kappa shape index (κ3) is 2.80. The van der Waals surface area contributed by atoms with E-state index in [-0.39, 0.29) is 0 Å². The van der Waals surface area contributed by atoms with E-state index in [2.05, 4.69) is 18.9 Å². The van der Waals surface area contributed by atoms with Gasteiger partial charge >= 0.3 is 0 Å². The molecule has 3 nitrogen and oxygen atoms in total. The number of rotatable bonds is 3. The zero-order valence-electron chi connectivity index (χ0n) is 10.0. The quantitative estimate of drug-likeness (QED) is 0.907. The van der Waals surface area contributed by atoms with Gasteiger partial charge in [0.05, 0.1) is 17.9 Å². The Bertz CT molecular complexity index is 517. The lowest BCUT2D eigenvalue weighted by Crippen LogP contribution is -2.01. The number of hydrogen-bond acceptors (Lipinski definition) is 2. The van der Waals surface area contributed by atoms with Crippen LogP contribution in [0.5, 0.6) is 0 Å². The largest absolute Gasteiger partial charge is 0.396 e. The number of nitrogens with zero attached hydrogens (tertiary/aromatic N) is 2. The van der Waals surface area contributed by atoms with Gasteiger partial charge in [0.15, 0.2) is 0 Å². The molecule has 1 aromatic carbocycles. The summed E-state index contributed by atoms with van der Waals surface area (Å²) >= 11 is 5.94. The van der Waals surface area contributed by atoms with E-state index in [1.807, 2.05) is 35.1 Å². The van der Waals surface area contributed by atoms with Gasteiger partial charge in [0.2, 0.25) is 0 Å². The number of halogens is 1. The maximum Gasteiger partial charge on any atom is 0.0879 e. The van der Waals surface area contributed by atoms with Gasteiger partial charge in [0.1, 0.15) is 0 Å². The van der Waals surface area contributed by atoms with Gasteiger partial charge in [-0.3, -0.25) is 4.68 Å². The van der Waals surface area contributed by atoms with Crippen LogP contribution in [0, 0.1) is 0 Å². The minimum Gasteiger partial charge on any atom is -0.396 e. The molecule has 0 aliphatic carbocycles. The van der Waals surface area contributed by atoms with Crippen LogP contribution in [0.1, 0.15) is 31.0 Å². The SMILES string of the molecule is CC(C)c1nn(Cc2cccc(Cl)c2)cc1N. The molecule has 0 saturated heterocycles. The number of hydrogen-bond donors (Lipinski definition) is 1. The molecule has 0 atom stereocenters. The molecule has 1 aromatic heterocycles. The molecule has 0 fully saturated rings. The fourth-order valence-electron chi connectivity index (χ4n) is 1.80. The number of aromatic nitrogens is 2. The molecule has 0 aliphatic heterocycles. The second kappa shape index (κ2) is 4.80. The Balaban J connectivity index is 2.22. The molecule has 2 N–H and O–H groups in total. The summed E-state index contributed by atoms with van der Waals surface area (Å²) in [5.41, 5.74) is 8.74. The van der Waals surface area contributed by atoms with Crippen molar-refractivity contribution in [3.63, 3.8) is 0 Å². The Morgan fingerprint density at radius 1 is 1.41 bits per heavy atom. The molecule has 2 aromatic rings. The van der Waals surface area contributed by atoms with E-state index in [9.17, 15) is 0 Å². The van der Waals surface area contributed by atoms with Crippen LogP contribution >= 0.6 is 11.6 Å². The molecule has 0 bridgehead atoms. The van der Waals surface area contributed by atoms with E-state index in [1.54, 1.807) is 0 Å². The highest BCUT2D eigenvalue weighted by molar-refractivity contribution is 6.30. The second-order valence-corrected chi connectivity index (χ2v) is 4.89. The van der Waals surface area contributed by atoms with Gasteiger partial charge in [-0.25, -0.2) is 0 Å². The van der Waals surface area contributed by atoms with Crippen LogP contribution in [-0.4, -0.2) is 9.78 Å². The van der Waals surface area contributed by atoms with Crippen molar-refractivity contribution in [2.45, 2.75) is 26.3 Å². The Labute approximate surface area is 106 Å². The minimum absolute atomic E-state index is 0.343. The van der Waals surface area contributed by atoms with Crippen molar-refractivity contribution in [3.8, 4) is 0 Å². The minimum atomic E-state index is 0.343. The molecule has 1 heterocycles. The summed E-state index contributed by atoms with van der Waals surface area (Å²) in [5.74, 6) is 0.343. The Morgan fingerprint density at radius 2 is 2.18 bits per heavy atom. The van der Waals surface area contributed by atoms with Crippen molar-refractivity contribution >= 4 is 17.3 Å². The summed E-state index contributed by atoms with van der Waals surface area (Å²) in [5, 5.41) is 5.23. The summed E-state index contributed by atoms with van der Waals surface area (Å²) in [6.45, 7) is 4.86. The van der Waals surface area contributed by atoms with E-state index in [1.165, 1.54) is 0 Å². The van der Waals surface area contributed by atoms with Crippen LogP contribution in [0.3, 0.4) is 0 Å². The van der Waals surface area contributed by atoms with E-state index in [0.29, 0.717) is 12.5 Å². The van der Waals surface area contributed by atoms with Gasteiger partial charge in [0, 0.05) is 11.2 Å². The first-order valence-corrected chi connectivity index (χ1v) is 6.01. The molecule has 0 aliphatic rings. The van der Waals surface area contributed by atoms with E-state index in [0.717, 1.165) is 22.0 Å². The lowest BCUT2D eigenvalue weighted by atomic mass is 10.1. The third-order valence-electron chi connectivity index (χ3n) is 2.60. The zero-order chi connectivity index (χ0) is 12.4. The molecule has 17 heavy (non-hydrogen) atoms. The van der Waals surface area contributed by atoms with E-state index < -0.39 is 0 Å². The molecule has 0 radical (unpaired) electrons. The maximum atomic E-state index is 5.94. The third-order valence-corrected chi connectivity index (χ3v) is 2.84. The van der Waals surface area contributed by atoms with Crippen molar-refractivity contribution < 1.29 is 0 Å². The normalized spacial score (nSPS) is 11.1. The first-order chi connectivity index (χ1) is 8.06. The average molecular weight is 250 g/mol. The molecule has 4 heteroatoms. The van der Waals surface area contributed by atoms with Gasteiger partial charge in [-0.1, -0.05) is 37.6 Å². The van der Waals surface area contributed by atoms with Crippen LogP contribution in [0.4, 0.5) is 5.69 Å². The second-order valence-electron chi connectivity index (χ2n) is 4.45. The summed E-state index contributed by atoms with van der Waals surface area (Å²) in [6, 6.07) is 7.77. The van der Waals surface area contributed by atoms with Crippen LogP contribution in [0.25, 0.3) is 0 Å². The topological polar surface area (TPSA) is 43.8 Å². The molecule has 2 rings (SSSR count). The number of anilines is 1. The lowest BCUT2D eigenvalue weighted by Gasteiger charge is -2.03. The maximum absolute atomic E-state index is 5.94. The Hall–Kier alpha value is -1.48. The summed E-state index contributed by atoms with van der Waals surface area (Å²) < 4.78 is 1.86. The molecule has 90 valence electrons. The van der Waals surface area contributed by atoms with E-state index >= 15 is 0 Å². The number of benzene rings is 1. The summed E-state index contributed by atoms with van der Waals surface area (Å²) in [7, 11) is 0. The zero-order valence-corrected chi connectivity index (χ0v) is 10.8. The smallest absolute Gasteiger partial charge is 0.0879 e. The first-order valence-electron chi connectivity index (χ1n) is 5.63. The molecule has 0 saturated carbocycles. The lowest BCUT2D eigenvalue weighted by molar-refractivity contribution is 0.657. The highest BCUT2D eigenvalue weighted by atomic mass is 35.5. The van der Waals surface area contributed by atoms with Crippen molar-refractivity contribution in [3.05, 3.63) is 46.7 Å². The Morgan fingerprint density at radius 3 is 2.76 bits per heavy atom. The average Bonchev–Trinajstić information content (AvgIpc) is 2.59. The van der Waals surface area contributed by atoms with Gasteiger partial charge < -0.3 is 5.73 Å². The highest BCUT2D eigenvalue weighted by Gasteiger charge is 2.09. The molecular weight excluding hydrogens is 234 g/mol. The van der Waals surface area contributed by atoms with Crippen LogP contribution in [-0.2, 0) is 6.54 Å². The first kappa shape index (κ1) is 12.0. The van der Waals surface area contributed by atoms with Crippen molar-refractivity contribution in [2.75, 3.05) is 5.73 Å². The van der Waals surface area contributed by atoms with Crippen LogP contribution < -0.4 is 5.73 Å². The standard InChI is InChI=1S/C13H16ClN3/c1-9(2)13-12(15)8-17(16-13)7-10-4-3-5-11(14)6-10/h3-6,8-9H,7,15H2,1-2H3. The molecule has 0 unspecified atom stereocenters. The van der Waals surface area contributed by atoms with Gasteiger partial charge in [-0.15, -0.1) is 0 Å².